The van der Waals surface area contributed by atoms with Crippen molar-refractivity contribution in [1.29, 1.82) is 0 Å². The van der Waals surface area contributed by atoms with Gasteiger partial charge in [0.05, 0.1) is 12.8 Å². The smallest absolute Gasteiger partial charge is 0.273 e. The Labute approximate surface area is 154 Å². The molecule has 5 nitrogen and oxygen atoms in total. The minimum Gasteiger partial charge on any atom is -0.495 e. The van der Waals surface area contributed by atoms with Crippen LogP contribution in [0, 0.1) is 6.92 Å². The molecule has 2 aromatic carbocycles. The van der Waals surface area contributed by atoms with Crippen LogP contribution in [0.15, 0.2) is 59.6 Å². The lowest BCUT2D eigenvalue weighted by molar-refractivity contribution is 0.402. The van der Waals surface area contributed by atoms with Crippen molar-refractivity contribution in [2.75, 3.05) is 7.11 Å². The van der Waals surface area contributed by atoms with Crippen LogP contribution in [-0.2, 0) is 10.0 Å². The average molecular weight is 370 g/mol. The van der Waals surface area contributed by atoms with E-state index in [9.17, 15) is 8.42 Å². The summed E-state index contributed by atoms with van der Waals surface area (Å²) < 4.78 is 33.4. The fourth-order valence-corrected chi connectivity index (χ4v) is 4.37. The lowest BCUT2D eigenvalue weighted by Gasteiger charge is -2.15. The lowest BCUT2D eigenvalue weighted by atomic mass is 10.0. The Hall–Kier alpha value is -2.60. The molecule has 0 aliphatic heterocycles. The summed E-state index contributed by atoms with van der Waals surface area (Å²) >= 11 is 0. The van der Waals surface area contributed by atoms with Crippen LogP contribution in [0.3, 0.4) is 0 Å². The van der Waals surface area contributed by atoms with Crippen molar-refractivity contribution in [2.24, 2.45) is 0 Å². The average Bonchev–Trinajstić information content (AvgIpc) is 3.04. The highest BCUT2D eigenvalue weighted by Crippen LogP contribution is 2.32. The fraction of sp³-hybridized carbons (Fsp3) is 0.250. The third kappa shape index (κ3) is 3.24. The number of rotatable bonds is 5. The molecular formula is C20H22N2O3S. The first-order chi connectivity index (χ1) is 12.3. The van der Waals surface area contributed by atoms with E-state index in [0.29, 0.717) is 17.3 Å². The van der Waals surface area contributed by atoms with Crippen LogP contribution >= 0.6 is 0 Å². The van der Waals surface area contributed by atoms with Gasteiger partial charge in [-0.1, -0.05) is 50.2 Å². The maximum atomic E-state index is 13.4. The second-order valence-corrected chi connectivity index (χ2v) is 8.22. The molecule has 0 saturated carbocycles. The number of ether oxygens (including phenoxy) is 1. The number of aryl methyl sites for hydroxylation is 1. The summed E-state index contributed by atoms with van der Waals surface area (Å²) in [5.74, 6) is 0.910. The quantitative estimate of drug-likeness (QED) is 0.674. The number of aromatic nitrogens is 2. The number of benzene rings is 2. The standard InChI is InChI=1S/C20H22N2O3S/c1-14(2)17-10-11-18(25-4)19(12-17)26(23,24)22-13-15(3)21-20(22)16-8-6-5-7-9-16/h5-14H,1-4H3. The molecule has 26 heavy (non-hydrogen) atoms. The summed E-state index contributed by atoms with van der Waals surface area (Å²) in [5, 5.41) is 0. The molecule has 0 aliphatic carbocycles. The highest BCUT2D eigenvalue weighted by atomic mass is 32.2. The molecule has 0 amide bonds. The van der Waals surface area contributed by atoms with Crippen LogP contribution in [0.1, 0.15) is 31.0 Å². The molecule has 1 aromatic heterocycles. The van der Waals surface area contributed by atoms with Crippen molar-refractivity contribution in [3.05, 3.63) is 66.0 Å². The van der Waals surface area contributed by atoms with Crippen LogP contribution in [-0.4, -0.2) is 24.5 Å². The van der Waals surface area contributed by atoms with E-state index < -0.39 is 10.0 Å². The van der Waals surface area contributed by atoms with Crippen molar-refractivity contribution < 1.29 is 13.2 Å². The largest absolute Gasteiger partial charge is 0.495 e. The number of hydrogen-bond acceptors (Lipinski definition) is 4. The van der Waals surface area contributed by atoms with Crippen LogP contribution in [0.4, 0.5) is 0 Å². The first-order valence-electron chi connectivity index (χ1n) is 8.39. The number of hydrogen-bond donors (Lipinski definition) is 0. The molecule has 0 spiro atoms. The summed E-state index contributed by atoms with van der Waals surface area (Å²) in [5.41, 5.74) is 2.30. The van der Waals surface area contributed by atoms with Gasteiger partial charge in [0.15, 0.2) is 5.82 Å². The van der Waals surface area contributed by atoms with Gasteiger partial charge in [-0.15, -0.1) is 0 Å². The van der Waals surface area contributed by atoms with Gasteiger partial charge in [0.25, 0.3) is 10.0 Å². The summed E-state index contributed by atoms with van der Waals surface area (Å²) in [6.45, 7) is 5.82. The second kappa shape index (κ2) is 6.96. The van der Waals surface area contributed by atoms with Crippen molar-refractivity contribution in [2.45, 2.75) is 31.6 Å². The molecule has 1 heterocycles. The number of methoxy groups -OCH3 is 1. The van der Waals surface area contributed by atoms with E-state index in [1.165, 1.54) is 11.1 Å². The molecule has 0 N–H and O–H groups in total. The summed E-state index contributed by atoms with van der Waals surface area (Å²) in [7, 11) is -2.39. The molecule has 0 radical (unpaired) electrons. The molecule has 6 heteroatoms. The Morgan fingerprint density at radius 2 is 1.77 bits per heavy atom. The zero-order valence-corrected chi connectivity index (χ0v) is 16.1. The Morgan fingerprint density at radius 3 is 2.38 bits per heavy atom. The van der Waals surface area contributed by atoms with E-state index >= 15 is 0 Å². The van der Waals surface area contributed by atoms with Crippen molar-refractivity contribution >= 4 is 10.0 Å². The molecule has 0 saturated heterocycles. The van der Waals surface area contributed by atoms with Gasteiger partial charge in [0.2, 0.25) is 0 Å². The van der Waals surface area contributed by atoms with E-state index in [4.69, 9.17) is 4.74 Å². The fourth-order valence-electron chi connectivity index (χ4n) is 2.80. The SMILES string of the molecule is COc1ccc(C(C)C)cc1S(=O)(=O)n1cc(C)nc1-c1ccccc1. The van der Waals surface area contributed by atoms with Gasteiger partial charge < -0.3 is 4.74 Å². The zero-order valence-electron chi connectivity index (χ0n) is 15.3. The van der Waals surface area contributed by atoms with Crippen LogP contribution in [0.25, 0.3) is 11.4 Å². The van der Waals surface area contributed by atoms with E-state index in [0.717, 1.165) is 11.1 Å². The Kier molecular flexibility index (Phi) is 4.87. The van der Waals surface area contributed by atoms with Gasteiger partial charge in [-0.05, 0) is 30.5 Å². The third-order valence-corrected chi connectivity index (χ3v) is 5.89. The topological polar surface area (TPSA) is 61.2 Å². The zero-order chi connectivity index (χ0) is 18.9. The van der Waals surface area contributed by atoms with Gasteiger partial charge in [-0.25, -0.2) is 17.4 Å². The molecule has 0 bridgehead atoms. The third-order valence-electron chi connectivity index (χ3n) is 4.22. The second-order valence-electron chi connectivity index (χ2n) is 6.44. The summed E-state index contributed by atoms with van der Waals surface area (Å²) in [6, 6.07) is 14.6. The van der Waals surface area contributed by atoms with E-state index in [2.05, 4.69) is 4.98 Å². The van der Waals surface area contributed by atoms with Crippen LogP contribution in [0.2, 0.25) is 0 Å². The maximum absolute atomic E-state index is 13.4. The summed E-state index contributed by atoms with van der Waals surface area (Å²) in [6.07, 6.45) is 1.54. The van der Waals surface area contributed by atoms with Crippen LogP contribution in [0.5, 0.6) is 5.75 Å². The first kappa shape index (κ1) is 18.2. The minimum atomic E-state index is -3.87. The number of imidazole rings is 1. The summed E-state index contributed by atoms with van der Waals surface area (Å²) in [4.78, 5) is 4.57. The van der Waals surface area contributed by atoms with Gasteiger partial charge in [-0.3, -0.25) is 0 Å². The van der Waals surface area contributed by atoms with E-state index in [-0.39, 0.29) is 10.8 Å². The molecule has 3 rings (SSSR count). The molecule has 0 fully saturated rings. The highest BCUT2D eigenvalue weighted by Gasteiger charge is 2.26. The lowest BCUT2D eigenvalue weighted by Crippen LogP contribution is -2.15. The maximum Gasteiger partial charge on any atom is 0.273 e. The van der Waals surface area contributed by atoms with Crippen molar-refractivity contribution in [3.63, 3.8) is 0 Å². The van der Waals surface area contributed by atoms with E-state index in [1.807, 2.05) is 50.2 Å². The monoisotopic (exact) mass is 370 g/mol. The minimum absolute atomic E-state index is 0.140. The highest BCUT2D eigenvalue weighted by molar-refractivity contribution is 7.90. The Morgan fingerprint density at radius 1 is 1.08 bits per heavy atom. The van der Waals surface area contributed by atoms with Gasteiger partial charge >= 0.3 is 0 Å². The Balaban J connectivity index is 2.24. The Bertz CT molecular complexity index is 1020. The molecule has 136 valence electrons. The normalized spacial score (nSPS) is 11.7. The molecular weight excluding hydrogens is 348 g/mol. The van der Waals surface area contributed by atoms with Crippen molar-refractivity contribution in [3.8, 4) is 17.1 Å². The van der Waals surface area contributed by atoms with Gasteiger partial charge in [0, 0.05) is 11.8 Å². The van der Waals surface area contributed by atoms with Crippen molar-refractivity contribution in [1.82, 2.24) is 8.96 Å². The number of nitrogens with zero attached hydrogens (tertiary/aromatic N) is 2. The van der Waals surface area contributed by atoms with E-state index in [1.54, 1.807) is 25.3 Å². The molecule has 0 atom stereocenters. The molecule has 3 aromatic rings. The van der Waals surface area contributed by atoms with Crippen LogP contribution < -0.4 is 4.74 Å². The molecule has 0 unspecified atom stereocenters. The molecule has 0 aliphatic rings. The predicted molar refractivity (Wildman–Crippen MR) is 102 cm³/mol. The van der Waals surface area contributed by atoms with Gasteiger partial charge in [-0.2, -0.15) is 0 Å². The van der Waals surface area contributed by atoms with Gasteiger partial charge in [0.1, 0.15) is 10.6 Å². The first-order valence-corrected chi connectivity index (χ1v) is 9.83. The predicted octanol–water partition coefficient (Wildman–Crippen LogP) is 4.23.